The standard InChI is InChI=1S/C22H31N5O3SSi/c1-32(2,3)10-9-30-15-27-8-6-17-20(25-16-5-4-7-26(12-16)22(28)29)18(11-23-21(17)27)19-13-31-14-24-19/h6,8,11,13-14,16H,4-5,7,9-10,12,15H2,1-3H3,(H,23,25)(H,28,29)/t16-/m1/s1. The maximum Gasteiger partial charge on any atom is 0.407 e. The zero-order chi connectivity index (χ0) is 22.7. The summed E-state index contributed by atoms with van der Waals surface area (Å²) >= 11 is 1.55. The van der Waals surface area contributed by atoms with Crippen molar-refractivity contribution in [1.82, 2.24) is 19.4 Å². The van der Waals surface area contributed by atoms with Gasteiger partial charge in [0.1, 0.15) is 12.4 Å². The number of nitrogens with zero attached hydrogens (tertiary/aromatic N) is 4. The fourth-order valence-electron chi connectivity index (χ4n) is 3.95. The maximum atomic E-state index is 11.5. The van der Waals surface area contributed by atoms with Crippen LogP contribution in [0.15, 0.2) is 29.4 Å². The zero-order valence-electron chi connectivity index (χ0n) is 18.9. The van der Waals surface area contributed by atoms with E-state index in [1.165, 1.54) is 4.90 Å². The first-order valence-electron chi connectivity index (χ1n) is 11.0. The summed E-state index contributed by atoms with van der Waals surface area (Å²) in [5, 5.41) is 16.1. The van der Waals surface area contributed by atoms with Gasteiger partial charge in [-0.05, 0) is 25.0 Å². The van der Waals surface area contributed by atoms with E-state index in [0.29, 0.717) is 19.8 Å². The van der Waals surface area contributed by atoms with Crippen molar-refractivity contribution in [2.24, 2.45) is 0 Å². The van der Waals surface area contributed by atoms with Gasteiger partial charge in [0.25, 0.3) is 0 Å². The molecule has 4 rings (SSSR count). The Morgan fingerprint density at radius 1 is 1.38 bits per heavy atom. The van der Waals surface area contributed by atoms with Crippen LogP contribution in [0.2, 0.25) is 25.7 Å². The summed E-state index contributed by atoms with van der Waals surface area (Å²) < 4.78 is 7.98. The molecule has 2 N–H and O–H groups in total. The Morgan fingerprint density at radius 2 is 2.22 bits per heavy atom. The molecule has 3 aromatic heterocycles. The fraction of sp³-hybridized carbons (Fsp3) is 0.500. The number of piperidine rings is 1. The number of aromatic nitrogens is 3. The molecular weight excluding hydrogens is 442 g/mol. The highest BCUT2D eigenvalue weighted by atomic mass is 32.1. The highest BCUT2D eigenvalue weighted by Crippen LogP contribution is 2.35. The van der Waals surface area contributed by atoms with Crippen molar-refractivity contribution in [3.8, 4) is 11.3 Å². The van der Waals surface area contributed by atoms with Gasteiger partial charge < -0.3 is 24.6 Å². The number of hydrogen-bond acceptors (Lipinski definition) is 6. The van der Waals surface area contributed by atoms with E-state index in [0.717, 1.165) is 53.5 Å². The van der Waals surface area contributed by atoms with Crippen molar-refractivity contribution < 1.29 is 14.6 Å². The lowest BCUT2D eigenvalue weighted by Gasteiger charge is -2.32. The van der Waals surface area contributed by atoms with E-state index >= 15 is 0 Å². The van der Waals surface area contributed by atoms with Gasteiger partial charge in [0.15, 0.2) is 0 Å². The first kappa shape index (κ1) is 22.7. The molecule has 0 unspecified atom stereocenters. The average molecular weight is 474 g/mol. The number of amides is 1. The van der Waals surface area contributed by atoms with Crippen LogP contribution in [0.5, 0.6) is 0 Å². The summed E-state index contributed by atoms with van der Waals surface area (Å²) in [5.41, 5.74) is 5.43. The van der Waals surface area contributed by atoms with Crippen LogP contribution in [-0.2, 0) is 11.5 Å². The quantitative estimate of drug-likeness (QED) is 0.352. The van der Waals surface area contributed by atoms with Crippen molar-refractivity contribution in [3.05, 3.63) is 29.4 Å². The minimum atomic E-state index is -1.13. The molecule has 4 heterocycles. The number of pyridine rings is 1. The zero-order valence-corrected chi connectivity index (χ0v) is 20.7. The van der Waals surface area contributed by atoms with E-state index in [4.69, 9.17) is 9.72 Å². The van der Waals surface area contributed by atoms with Gasteiger partial charge in [-0.15, -0.1) is 11.3 Å². The van der Waals surface area contributed by atoms with Gasteiger partial charge in [0.05, 0.1) is 16.9 Å². The van der Waals surface area contributed by atoms with E-state index in [2.05, 4.69) is 36.0 Å². The molecule has 0 radical (unpaired) electrons. The summed E-state index contributed by atoms with van der Waals surface area (Å²) in [6, 6.07) is 3.22. The molecule has 0 aliphatic carbocycles. The third-order valence-electron chi connectivity index (χ3n) is 5.76. The van der Waals surface area contributed by atoms with Gasteiger partial charge >= 0.3 is 6.09 Å². The van der Waals surface area contributed by atoms with Gasteiger partial charge in [0.2, 0.25) is 0 Å². The lowest BCUT2D eigenvalue weighted by atomic mass is 10.0. The second kappa shape index (κ2) is 9.59. The van der Waals surface area contributed by atoms with Crippen molar-refractivity contribution in [1.29, 1.82) is 0 Å². The number of fused-ring (bicyclic) bond motifs is 1. The molecule has 0 aromatic carbocycles. The van der Waals surface area contributed by atoms with Gasteiger partial charge in [-0.3, -0.25) is 0 Å². The van der Waals surface area contributed by atoms with Gasteiger partial charge in [-0.2, -0.15) is 0 Å². The molecule has 10 heteroatoms. The summed E-state index contributed by atoms with van der Waals surface area (Å²) in [5.74, 6) is 0. The van der Waals surface area contributed by atoms with E-state index in [-0.39, 0.29) is 6.04 Å². The number of nitrogens with one attached hydrogen (secondary N) is 1. The summed E-state index contributed by atoms with van der Waals surface area (Å²) in [6.07, 6.45) is 4.77. The van der Waals surface area contributed by atoms with Gasteiger partial charge in [0, 0.05) is 62.5 Å². The maximum absolute atomic E-state index is 11.5. The number of anilines is 1. The number of carbonyl (C=O) groups is 1. The van der Waals surface area contributed by atoms with E-state index in [9.17, 15) is 9.90 Å². The monoisotopic (exact) mass is 473 g/mol. The Bertz CT molecular complexity index is 1060. The van der Waals surface area contributed by atoms with Crippen molar-refractivity contribution in [3.63, 3.8) is 0 Å². The minimum Gasteiger partial charge on any atom is -0.465 e. The molecule has 1 atom stereocenters. The molecule has 8 nitrogen and oxygen atoms in total. The number of thiazole rings is 1. The molecule has 172 valence electrons. The molecule has 0 bridgehead atoms. The van der Waals surface area contributed by atoms with Crippen LogP contribution in [0.4, 0.5) is 10.5 Å². The van der Waals surface area contributed by atoms with Crippen LogP contribution in [0.3, 0.4) is 0 Å². The third kappa shape index (κ3) is 5.30. The Kier molecular flexibility index (Phi) is 6.82. The Hall–Kier alpha value is -2.43. The summed E-state index contributed by atoms with van der Waals surface area (Å²) in [7, 11) is -1.13. The van der Waals surface area contributed by atoms with Crippen LogP contribution in [-0.4, -0.2) is 64.4 Å². The van der Waals surface area contributed by atoms with Crippen molar-refractivity contribution in [2.75, 3.05) is 25.0 Å². The van der Waals surface area contributed by atoms with Gasteiger partial charge in [-0.25, -0.2) is 14.8 Å². The summed E-state index contributed by atoms with van der Waals surface area (Å²) in [6.45, 7) is 9.31. The molecule has 1 aliphatic heterocycles. The Labute approximate surface area is 193 Å². The SMILES string of the molecule is C[Si](C)(C)CCOCn1ccc2c(N[C@@H]3CCCN(C(=O)O)C3)c(-c3cscn3)cnc21. The predicted octanol–water partition coefficient (Wildman–Crippen LogP) is 5.03. The van der Waals surface area contributed by atoms with Crippen LogP contribution in [0, 0.1) is 0 Å². The molecule has 3 aromatic rings. The molecule has 1 saturated heterocycles. The highest BCUT2D eigenvalue weighted by Gasteiger charge is 2.25. The smallest absolute Gasteiger partial charge is 0.407 e. The van der Waals surface area contributed by atoms with Crippen molar-refractivity contribution in [2.45, 2.75) is 51.3 Å². The normalized spacial score (nSPS) is 17.1. The fourth-order valence-corrected chi connectivity index (χ4v) is 5.26. The molecule has 0 saturated carbocycles. The van der Waals surface area contributed by atoms with E-state index < -0.39 is 14.2 Å². The highest BCUT2D eigenvalue weighted by molar-refractivity contribution is 7.07. The number of rotatable bonds is 8. The summed E-state index contributed by atoms with van der Waals surface area (Å²) in [4.78, 5) is 22.2. The van der Waals surface area contributed by atoms with E-state index in [1.807, 2.05) is 27.9 Å². The Balaban J connectivity index is 1.60. The van der Waals surface area contributed by atoms with Crippen molar-refractivity contribution >= 4 is 42.2 Å². The van der Waals surface area contributed by atoms with E-state index in [1.54, 1.807) is 11.3 Å². The minimum absolute atomic E-state index is 0.0409. The molecule has 32 heavy (non-hydrogen) atoms. The predicted molar refractivity (Wildman–Crippen MR) is 131 cm³/mol. The molecule has 1 amide bonds. The molecule has 0 spiro atoms. The van der Waals surface area contributed by atoms with Crippen LogP contribution in [0.1, 0.15) is 12.8 Å². The largest absolute Gasteiger partial charge is 0.465 e. The van der Waals surface area contributed by atoms with Crippen LogP contribution < -0.4 is 5.32 Å². The Morgan fingerprint density at radius 3 is 2.94 bits per heavy atom. The first-order valence-corrected chi connectivity index (χ1v) is 15.7. The second-order valence-corrected chi connectivity index (χ2v) is 15.8. The van der Waals surface area contributed by atoms with Gasteiger partial charge in [-0.1, -0.05) is 19.6 Å². The number of hydrogen-bond donors (Lipinski definition) is 2. The number of carboxylic acid groups (broad SMARTS) is 1. The average Bonchev–Trinajstić information content (AvgIpc) is 3.41. The lowest BCUT2D eigenvalue weighted by Crippen LogP contribution is -2.44. The number of likely N-dealkylation sites (tertiary alicyclic amines) is 1. The molecule has 1 fully saturated rings. The molecule has 1 aliphatic rings. The third-order valence-corrected chi connectivity index (χ3v) is 8.05. The number of ether oxygens (including phenoxy) is 1. The van der Waals surface area contributed by atoms with Crippen LogP contribution >= 0.6 is 11.3 Å². The topological polar surface area (TPSA) is 92.5 Å². The molecular formula is C22H31N5O3SSi. The lowest BCUT2D eigenvalue weighted by molar-refractivity contribution is 0.0899. The van der Waals surface area contributed by atoms with Crippen LogP contribution in [0.25, 0.3) is 22.3 Å². The first-order chi connectivity index (χ1) is 15.3. The second-order valence-electron chi connectivity index (χ2n) is 9.50.